The van der Waals surface area contributed by atoms with Crippen LogP contribution in [0.15, 0.2) is 0 Å². The molecule has 0 saturated heterocycles. The summed E-state index contributed by atoms with van der Waals surface area (Å²) < 4.78 is 6.11. The van der Waals surface area contributed by atoms with Crippen molar-refractivity contribution in [1.82, 2.24) is 0 Å². The standard InChI is InChI=1S/C17H34O4Si/c1-12(2)11-17(7,8)22(13(3)4,14(5)6)21-16(20)10-9-15(18)19/h12-14H,9-11H2,1-8H3,(H,18,19). The highest BCUT2D eigenvalue weighted by Gasteiger charge is 2.56. The van der Waals surface area contributed by atoms with Gasteiger partial charge in [-0.2, -0.15) is 0 Å². The van der Waals surface area contributed by atoms with Gasteiger partial charge in [-0.05, 0) is 28.5 Å². The van der Waals surface area contributed by atoms with Crippen molar-refractivity contribution in [3.05, 3.63) is 0 Å². The van der Waals surface area contributed by atoms with E-state index in [0.29, 0.717) is 5.92 Å². The molecule has 0 radical (unpaired) electrons. The number of carbonyl (C=O) groups excluding carboxylic acids is 1. The molecule has 0 aliphatic rings. The quantitative estimate of drug-likeness (QED) is 0.605. The molecule has 0 heterocycles. The first kappa shape index (κ1) is 21.2. The van der Waals surface area contributed by atoms with Crippen molar-refractivity contribution >= 4 is 20.3 Å². The van der Waals surface area contributed by atoms with Crippen LogP contribution in [0.4, 0.5) is 0 Å². The van der Waals surface area contributed by atoms with Gasteiger partial charge < -0.3 is 9.53 Å². The fourth-order valence-corrected chi connectivity index (χ4v) is 10.6. The molecule has 0 spiro atoms. The van der Waals surface area contributed by atoms with Gasteiger partial charge in [0.1, 0.15) is 0 Å². The Morgan fingerprint density at radius 3 is 1.77 bits per heavy atom. The van der Waals surface area contributed by atoms with Gasteiger partial charge in [-0.25, -0.2) is 0 Å². The van der Waals surface area contributed by atoms with E-state index >= 15 is 0 Å². The lowest BCUT2D eigenvalue weighted by Gasteiger charge is -2.49. The van der Waals surface area contributed by atoms with Crippen LogP contribution in [0, 0.1) is 5.92 Å². The number of carbonyl (C=O) groups is 2. The largest absolute Gasteiger partial charge is 0.518 e. The van der Waals surface area contributed by atoms with E-state index in [-0.39, 0.29) is 34.9 Å². The molecule has 0 unspecified atom stereocenters. The van der Waals surface area contributed by atoms with E-state index in [1.807, 2.05) is 0 Å². The lowest BCUT2D eigenvalue weighted by molar-refractivity contribution is -0.143. The number of hydrogen-bond acceptors (Lipinski definition) is 3. The molecule has 4 nitrogen and oxygen atoms in total. The lowest BCUT2D eigenvalue weighted by Crippen LogP contribution is -2.55. The molecule has 0 atom stereocenters. The second-order valence-electron chi connectivity index (χ2n) is 7.95. The third-order valence-corrected chi connectivity index (χ3v) is 10.8. The number of carboxylic acids is 1. The van der Waals surface area contributed by atoms with E-state index in [1.165, 1.54) is 0 Å². The normalized spacial score (nSPS) is 13.0. The van der Waals surface area contributed by atoms with E-state index in [1.54, 1.807) is 0 Å². The second-order valence-corrected chi connectivity index (χ2v) is 13.4. The van der Waals surface area contributed by atoms with Crippen LogP contribution in [-0.4, -0.2) is 25.4 Å². The third-order valence-electron chi connectivity index (χ3n) is 4.52. The van der Waals surface area contributed by atoms with Gasteiger partial charge in [0, 0.05) is 0 Å². The van der Waals surface area contributed by atoms with Crippen molar-refractivity contribution in [2.24, 2.45) is 5.92 Å². The highest BCUT2D eigenvalue weighted by Crippen LogP contribution is 2.54. The molecule has 1 N–H and O–H groups in total. The predicted octanol–water partition coefficient (Wildman–Crippen LogP) is 4.99. The fourth-order valence-electron chi connectivity index (χ4n) is 4.23. The molecule has 0 aliphatic carbocycles. The highest BCUT2D eigenvalue weighted by atomic mass is 28.4. The van der Waals surface area contributed by atoms with Crippen molar-refractivity contribution in [3.63, 3.8) is 0 Å². The second kappa shape index (κ2) is 8.13. The summed E-state index contributed by atoms with van der Waals surface area (Å²) in [5, 5.41) is 8.71. The molecule has 22 heavy (non-hydrogen) atoms. The van der Waals surface area contributed by atoms with E-state index < -0.39 is 14.3 Å². The van der Waals surface area contributed by atoms with Crippen molar-refractivity contribution in [2.75, 3.05) is 0 Å². The van der Waals surface area contributed by atoms with Gasteiger partial charge >= 0.3 is 5.97 Å². The summed E-state index contributed by atoms with van der Waals surface area (Å²) in [6.45, 7) is 17.4. The molecule has 130 valence electrons. The third kappa shape index (κ3) is 5.11. The Kier molecular flexibility index (Phi) is 7.82. The SMILES string of the molecule is CC(C)CC(C)(C)[Si](OC(=O)CCC(=O)O)(C(C)C)C(C)C. The maximum Gasteiger partial charge on any atom is 0.303 e. The maximum absolute atomic E-state index is 12.3. The molecular formula is C17H34O4Si. The summed E-state index contributed by atoms with van der Waals surface area (Å²) in [6, 6.07) is 0. The van der Waals surface area contributed by atoms with Crippen LogP contribution in [0.1, 0.15) is 74.7 Å². The molecule has 0 rings (SSSR count). The van der Waals surface area contributed by atoms with Gasteiger partial charge in [0.15, 0.2) is 0 Å². The Morgan fingerprint density at radius 2 is 1.45 bits per heavy atom. The average Bonchev–Trinajstić information content (AvgIpc) is 2.30. The van der Waals surface area contributed by atoms with E-state index in [9.17, 15) is 9.59 Å². The van der Waals surface area contributed by atoms with E-state index in [4.69, 9.17) is 9.53 Å². The fraction of sp³-hybridized carbons (Fsp3) is 0.882. The molecule has 0 aromatic carbocycles. The Morgan fingerprint density at radius 1 is 1.00 bits per heavy atom. The molecule has 0 aromatic rings. The molecule has 0 aliphatic heterocycles. The molecule has 0 fully saturated rings. The number of hydrogen-bond donors (Lipinski definition) is 1. The summed E-state index contributed by atoms with van der Waals surface area (Å²) in [5.41, 5.74) is 0.574. The van der Waals surface area contributed by atoms with Crippen LogP contribution >= 0.6 is 0 Å². The zero-order chi connectivity index (χ0) is 17.7. The molecule has 0 aromatic heterocycles. The van der Waals surface area contributed by atoms with Gasteiger partial charge in [-0.3, -0.25) is 9.59 Å². The van der Waals surface area contributed by atoms with Crippen LogP contribution in [0.25, 0.3) is 0 Å². The first-order valence-electron chi connectivity index (χ1n) is 8.30. The number of aliphatic carboxylic acids is 1. The van der Waals surface area contributed by atoms with Crippen LogP contribution < -0.4 is 0 Å². The monoisotopic (exact) mass is 330 g/mol. The molecular weight excluding hydrogens is 296 g/mol. The molecule has 0 bridgehead atoms. The van der Waals surface area contributed by atoms with Crippen molar-refractivity contribution in [1.29, 1.82) is 0 Å². The molecule has 5 heteroatoms. The van der Waals surface area contributed by atoms with Gasteiger partial charge in [0.05, 0.1) is 12.8 Å². The zero-order valence-electron chi connectivity index (χ0n) is 15.5. The highest BCUT2D eigenvalue weighted by molar-refractivity contribution is 6.80. The van der Waals surface area contributed by atoms with Crippen LogP contribution in [-0.2, 0) is 14.0 Å². The van der Waals surface area contributed by atoms with Crippen LogP contribution in [0.3, 0.4) is 0 Å². The summed E-state index contributed by atoms with van der Waals surface area (Å²) in [7, 11) is -2.42. The van der Waals surface area contributed by atoms with Crippen molar-refractivity contribution in [2.45, 2.75) is 90.8 Å². The Bertz CT molecular complexity index is 378. The Hall–Kier alpha value is -0.843. The number of rotatable bonds is 9. The van der Waals surface area contributed by atoms with Crippen LogP contribution in [0.5, 0.6) is 0 Å². The van der Waals surface area contributed by atoms with Gasteiger partial charge in [0.25, 0.3) is 14.3 Å². The molecule has 0 saturated carbocycles. The maximum atomic E-state index is 12.3. The minimum atomic E-state index is -2.42. The topological polar surface area (TPSA) is 63.6 Å². The van der Waals surface area contributed by atoms with Gasteiger partial charge in [0.2, 0.25) is 0 Å². The summed E-state index contributed by atoms with van der Waals surface area (Å²) in [4.78, 5) is 22.9. The zero-order valence-corrected chi connectivity index (χ0v) is 16.5. The Balaban J connectivity index is 5.52. The summed E-state index contributed by atoms with van der Waals surface area (Å²) in [5.74, 6) is -0.787. The van der Waals surface area contributed by atoms with Crippen LogP contribution in [0.2, 0.25) is 16.1 Å². The van der Waals surface area contributed by atoms with Crippen molar-refractivity contribution < 1.29 is 19.1 Å². The predicted molar refractivity (Wildman–Crippen MR) is 92.4 cm³/mol. The Labute approximate surface area is 136 Å². The summed E-state index contributed by atoms with van der Waals surface area (Å²) in [6.07, 6.45) is 0.799. The first-order chi connectivity index (χ1) is 9.86. The minimum absolute atomic E-state index is 0.0404. The number of carboxylic acid groups (broad SMARTS) is 1. The summed E-state index contributed by atoms with van der Waals surface area (Å²) >= 11 is 0. The first-order valence-corrected chi connectivity index (χ1v) is 10.4. The van der Waals surface area contributed by atoms with E-state index in [2.05, 4.69) is 55.4 Å². The van der Waals surface area contributed by atoms with Gasteiger partial charge in [-0.1, -0.05) is 55.4 Å². The van der Waals surface area contributed by atoms with Gasteiger partial charge in [-0.15, -0.1) is 0 Å². The lowest BCUT2D eigenvalue weighted by atomic mass is 10.00. The molecule has 0 amide bonds. The van der Waals surface area contributed by atoms with E-state index in [0.717, 1.165) is 6.42 Å². The smallest absolute Gasteiger partial charge is 0.303 e. The average molecular weight is 331 g/mol. The minimum Gasteiger partial charge on any atom is -0.518 e. The van der Waals surface area contributed by atoms with Crippen molar-refractivity contribution in [3.8, 4) is 0 Å².